The first-order valence-electron chi connectivity index (χ1n) is 5.50. The van der Waals surface area contributed by atoms with Gasteiger partial charge in [-0.3, -0.25) is 0 Å². The van der Waals surface area contributed by atoms with E-state index in [4.69, 9.17) is 43.2 Å². The Morgan fingerprint density at radius 3 is 1.80 bits per heavy atom. The molecule has 0 fully saturated rings. The molecule has 9 nitrogen and oxygen atoms in total. The second kappa shape index (κ2) is 3.41. The fraction of sp³-hybridized carbons (Fsp3) is 0. The maximum atomic E-state index is 11.6. The van der Waals surface area contributed by atoms with Gasteiger partial charge >= 0.3 is 5.63 Å². The largest absolute Gasteiger partial charge is 0.436 e. The predicted octanol–water partition coefficient (Wildman–Crippen LogP) is 0.0324. The summed E-state index contributed by atoms with van der Waals surface area (Å²) in [5.74, 6) is -0.0393. The van der Waals surface area contributed by atoms with Crippen molar-refractivity contribution in [3.05, 3.63) is 10.4 Å². The summed E-state index contributed by atoms with van der Waals surface area (Å²) in [4.78, 5) is 11.6. The first kappa shape index (κ1) is 11.8. The Morgan fingerprint density at radius 1 is 0.600 bits per heavy atom. The maximum Gasteiger partial charge on any atom is 0.361 e. The van der Waals surface area contributed by atoms with E-state index < -0.39 is 5.63 Å². The summed E-state index contributed by atoms with van der Waals surface area (Å²) in [5, 5.41) is 0.520. The lowest BCUT2D eigenvalue weighted by atomic mass is 10.1. The molecular formula is C11H12N6O3. The van der Waals surface area contributed by atoms with Gasteiger partial charge in [-0.15, -0.1) is 0 Å². The van der Waals surface area contributed by atoms with Gasteiger partial charge in [-0.1, -0.05) is 0 Å². The lowest BCUT2D eigenvalue weighted by Crippen LogP contribution is -2.12. The van der Waals surface area contributed by atoms with Gasteiger partial charge in [0.2, 0.25) is 5.88 Å². The van der Waals surface area contributed by atoms with Crippen molar-refractivity contribution in [2.75, 3.05) is 34.4 Å². The van der Waals surface area contributed by atoms with Crippen molar-refractivity contribution < 1.29 is 8.83 Å². The summed E-state index contributed by atoms with van der Waals surface area (Å²) < 4.78 is 10.3. The maximum absolute atomic E-state index is 11.6. The molecule has 20 heavy (non-hydrogen) atoms. The molecule has 2 heterocycles. The Labute approximate surface area is 111 Å². The number of furan rings is 1. The summed E-state index contributed by atoms with van der Waals surface area (Å²) in [5.41, 5.74) is 34.0. The van der Waals surface area contributed by atoms with Crippen LogP contribution in [0.3, 0.4) is 0 Å². The number of nitrogens with two attached hydrogens (primary N) is 6. The van der Waals surface area contributed by atoms with E-state index in [0.29, 0.717) is 5.39 Å². The number of anilines is 6. The molecule has 0 spiro atoms. The van der Waals surface area contributed by atoms with Crippen molar-refractivity contribution in [3.8, 4) is 0 Å². The Bertz CT molecular complexity index is 939. The normalized spacial score (nSPS) is 11.4. The van der Waals surface area contributed by atoms with Gasteiger partial charge < -0.3 is 43.2 Å². The Morgan fingerprint density at radius 2 is 1.15 bits per heavy atom. The molecule has 0 atom stereocenters. The van der Waals surface area contributed by atoms with Gasteiger partial charge in [0.25, 0.3) is 0 Å². The van der Waals surface area contributed by atoms with Gasteiger partial charge in [0.05, 0.1) is 22.1 Å². The minimum absolute atomic E-state index is 0.0135. The molecule has 9 heteroatoms. The highest BCUT2D eigenvalue weighted by Crippen LogP contribution is 2.45. The minimum atomic E-state index is -0.812. The third-order valence-electron chi connectivity index (χ3n) is 3.20. The van der Waals surface area contributed by atoms with Crippen molar-refractivity contribution in [2.45, 2.75) is 0 Å². The first-order valence-corrected chi connectivity index (χ1v) is 5.50. The van der Waals surface area contributed by atoms with Crippen LogP contribution in [0.5, 0.6) is 0 Å². The quantitative estimate of drug-likeness (QED) is 0.186. The van der Waals surface area contributed by atoms with Crippen LogP contribution in [-0.4, -0.2) is 0 Å². The van der Waals surface area contributed by atoms with Gasteiger partial charge in [0.1, 0.15) is 17.1 Å². The fourth-order valence-electron chi connectivity index (χ4n) is 2.17. The van der Waals surface area contributed by atoms with Crippen LogP contribution in [0.25, 0.3) is 21.9 Å². The summed E-state index contributed by atoms with van der Waals surface area (Å²) in [7, 11) is 0. The monoisotopic (exact) mass is 276 g/mol. The van der Waals surface area contributed by atoms with E-state index in [1.807, 2.05) is 0 Å². The van der Waals surface area contributed by atoms with Gasteiger partial charge in [0, 0.05) is 0 Å². The molecule has 3 rings (SSSR count). The molecule has 3 aromatic rings. The fourth-order valence-corrected chi connectivity index (χ4v) is 2.17. The topological polar surface area (TPSA) is 199 Å². The molecule has 0 radical (unpaired) electrons. The van der Waals surface area contributed by atoms with Crippen LogP contribution in [0, 0.1) is 0 Å². The molecule has 0 aliphatic rings. The summed E-state index contributed by atoms with van der Waals surface area (Å²) in [6, 6.07) is 0. The van der Waals surface area contributed by atoms with Gasteiger partial charge in [-0.25, -0.2) is 4.79 Å². The Hall–Kier alpha value is -3.23. The van der Waals surface area contributed by atoms with E-state index in [0.717, 1.165) is 0 Å². The Kier molecular flexibility index (Phi) is 2.02. The molecule has 0 saturated heterocycles. The zero-order chi connectivity index (χ0) is 14.8. The molecule has 0 bridgehead atoms. The molecular weight excluding hydrogens is 264 g/mol. The van der Waals surface area contributed by atoms with E-state index in [2.05, 4.69) is 0 Å². The van der Waals surface area contributed by atoms with Crippen molar-refractivity contribution in [3.63, 3.8) is 0 Å². The van der Waals surface area contributed by atoms with Crippen LogP contribution in [0.1, 0.15) is 0 Å². The smallest absolute Gasteiger partial charge is 0.361 e. The zero-order valence-corrected chi connectivity index (χ0v) is 10.2. The van der Waals surface area contributed by atoms with E-state index >= 15 is 0 Å². The number of hydrogen-bond acceptors (Lipinski definition) is 9. The van der Waals surface area contributed by atoms with Crippen LogP contribution in [0.2, 0.25) is 0 Å². The third-order valence-corrected chi connectivity index (χ3v) is 3.20. The average Bonchev–Trinajstić information content (AvgIpc) is 2.70. The van der Waals surface area contributed by atoms with E-state index in [9.17, 15) is 4.79 Å². The van der Waals surface area contributed by atoms with Crippen LogP contribution in [0.4, 0.5) is 34.3 Å². The van der Waals surface area contributed by atoms with Crippen molar-refractivity contribution in [1.82, 2.24) is 0 Å². The number of benzene rings is 1. The van der Waals surface area contributed by atoms with E-state index in [1.54, 1.807) is 0 Å². The highest BCUT2D eigenvalue weighted by Gasteiger charge is 2.23. The number of rotatable bonds is 0. The SMILES string of the molecule is Nc1oc2c(N)c3oc(=O)c(N)c(N)c3c(N)c2c1N. The lowest BCUT2D eigenvalue weighted by Gasteiger charge is -2.09. The average molecular weight is 276 g/mol. The number of nitrogen functional groups attached to an aromatic ring is 6. The molecule has 0 amide bonds. The lowest BCUT2D eigenvalue weighted by molar-refractivity contribution is 0.565. The molecule has 0 unspecified atom stereocenters. The van der Waals surface area contributed by atoms with Crippen molar-refractivity contribution in [2.24, 2.45) is 0 Å². The molecule has 0 aliphatic carbocycles. The zero-order valence-electron chi connectivity index (χ0n) is 10.2. The van der Waals surface area contributed by atoms with Crippen molar-refractivity contribution >= 4 is 56.3 Å². The van der Waals surface area contributed by atoms with Crippen LogP contribution in [0.15, 0.2) is 13.6 Å². The van der Waals surface area contributed by atoms with Gasteiger partial charge in [-0.2, -0.15) is 0 Å². The van der Waals surface area contributed by atoms with Gasteiger partial charge in [0.15, 0.2) is 11.2 Å². The van der Waals surface area contributed by atoms with Crippen LogP contribution < -0.4 is 40.0 Å². The predicted molar refractivity (Wildman–Crippen MR) is 78.7 cm³/mol. The standard InChI is InChI=1S/C11H12N6O3/c12-3-1-4(13)6(15)11(18)20-9(1)7(16)8-2(3)5(14)10(17)19-8/h12-17H2. The molecule has 2 aromatic heterocycles. The van der Waals surface area contributed by atoms with Crippen LogP contribution in [-0.2, 0) is 0 Å². The second-order valence-electron chi connectivity index (χ2n) is 4.33. The van der Waals surface area contributed by atoms with Crippen molar-refractivity contribution in [1.29, 1.82) is 0 Å². The molecule has 104 valence electrons. The summed E-state index contributed by atoms with van der Waals surface area (Å²) >= 11 is 0. The molecule has 1 aromatic carbocycles. The molecule has 0 saturated carbocycles. The number of hydrogen-bond donors (Lipinski definition) is 6. The first-order chi connectivity index (χ1) is 9.34. The van der Waals surface area contributed by atoms with E-state index in [1.165, 1.54) is 0 Å². The number of fused-ring (bicyclic) bond motifs is 2. The highest BCUT2D eigenvalue weighted by molar-refractivity contribution is 6.23. The third kappa shape index (κ3) is 1.18. The summed E-state index contributed by atoms with van der Waals surface area (Å²) in [6.07, 6.45) is 0. The van der Waals surface area contributed by atoms with E-state index in [-0.39, 0.29) is 50.9 Å². The van der Waals surface area contributed by atoms with Crippen LogP contribution >= 0.6 is 0 Å². The second-order valence-corrected chi connectivity index (χ2v) is 4.33. The molecule has 0 aliphatic heterocycles. The minimum Gasteiger partial charge on any atom is -0.436 e. The highest BCUT2D eigenvalue weighted by atomic mass is 16.4. The molecule has 12 N–H and O–H groups in total. The summed E-state index contributed by atoms with van der Waals surface area (Å²) in [6.45, 7) is 0. The van der Waals surface area contributed by atoms with Gasteiger partial charge in [-0.05, 0) is 0 Å². The Balaban J connectivity index is 2.74.